The van der Waals surface area contributed by atoms with Crippen LogP contribution in [0.2, 0.25) is 0 Å². The molecule has 0 fully saturated rings. The second kappa shape index (κ2) is 6.13. The first-order valence-electron chi connectivity index (χ1n) is 6.47. The molecule has 0 aliphatic heterocycles. The summed E-state index contributed by atoms with van der Waals surface area (Å²) in [4.78, 5) is 4.37. The average Bonchev–Trinajstić information content (AvgIpc) is 3.08. The van der Waals surface area contributed by atoms with Gasteiger partial charge < -0.3 is 4.74 Å². The van der Waals surface area contributed by atoms with Crippen LogP contribution in [0.5, 0.6) is 5.75 Å². The highest BCUT2D eigenvalue weighted by atomic mass is 19.1. The van der Waals surface area contributed by atoms with Crippen molar-refractivity contribution in [3.8, 4) is 11.4 Å². The van der Waals surface area contributed by atoms with Crippen LogP contribution in [-0.2, 0) is 0 Å². The summed E-state index contributed by atoms with van der Waals surface area (Å²) in [6.45, 7) is 0. The largest absolute Gasteiger partial charge is 0.494 e. The second-order valence-corrected chi connectivity index (χ2v) is 4.42. The van der Waals surface area contributed by atoms with E-state index in [4.69, 9.17) is 4.74 Å². The van der Waals surface area contributed by atoms with Crippen molar-refractivity contribution < 1.29 is 9.13 Å². The molecule has 0 spiro atoms. The lowest BCUT2D eigenvalue weighted by atomic mass is 10.2. The maximum absolute atomic E-state index is 12.9. The van der Waals surface area contributed by atoms with Crippen LogP contribution in [0.15, 0.2) is 53.8 Å². The van der Waals surface area contributed by atoms with E-state index in [1.807, 2.05) is 6.07 Å². The fraction of sp³-hybridized carbons (Fsp3) is 0.0667. The summed E-state index contributed by atoms with van der Waals surface area (Å²) in [5.41, 5.74) is 2.19. The van der Waals surface area contributed by atoms with Crippen molar-refractivity contribution in [3.05, 3.63) is 60.2 Å². The first-order chi connectivity index (χ1) is 10.8. The van der Waals surface area contributed by atoms with Gasteiger partial charge in [-0.25, -0.2) is 4.39 Å². The number of halogens is 1. The number of aromatic nitrogens is 4. The maximum Gasteiger partial charge on any atom is 0.144 e. The number of methoxy groups -OCH3 is 1. The highest BCUT2D eigenvalue weighted by Gasteiger charge is 2.07. The average molecular weight is 297 g/mol. The van der Waals surface area contributed by atoms with Crippen LogP contribution in [0.4, 0.5) is 10.1 Å². The summed E-state index contributed by atoms with van der Waals surface area (Å²) in [6.07, 6.45) is 3.13. The molecular weight excluding hydrogens is 285 g/mol. The molecule has 0 radical (unpaired) electrons. The standard InChI is InChI=1S/C15H12FN5O/c1-22-15-7-6-13(8-14(15)21-10-18-19-20-21)17-9-11-2-4-12(16)5-3-11/h2-10H,1H3. The Morgan fingerprint density at radius 3 is 2.68 bits per heavy atom. The molecule has 1 heterocycles. The van der Waals surface area contributed by atoms with Gasteiger partial charge in [0.2, 0.25) is 0 Å². The van der Waals surface area contributed by atoms with E-state index in [9.17, 15) is 4.39 Å². The fourth-order valence-corrected chi connectivity index (χ4v) is 1.91. The zero-order chi connectivity index (χ0) is 15.4. The van der Waals surface area contributed by atoms with Crippen LogP contribution in [0, 0.1) is 5.82 Å². The smallest absolute Gasteiger partial charge is 0.144 e. The van der Waals surface area contributed by atoms with Gasteiger partial charge in [0.15, 0.2) is 0 Å². The van der Waals surface area contributed by atoms with Crippen molar-refractivity contribution in [2.75, 3.05) is 7.11 Å². The third-order valence-electron chi connectivity index (χ3n) is 2.99. The summed E-state index contributed by atoms with van der Waals surface area (Å²) in [7, 11) is 1.57. The molecule has 3 aromatic rings. The SMILES string of the molecule is COc1ccc(N=Cc2ccc(F)cc2)cc1-n1cnnn1. The van der Waals surface area contributed by atoms with Crippen molar-refractivity contribution >= 4 is 11.9 Å². The summed E-state index contributed by atoms with van der Waals surface area (Å²) < 4.78 is 19.6. The summed E-state index contributed by atoms with van der Waals surface area (Å²) >= 11 is 0. The van der Waals surface area contributed by atoms with Crippen LogP contribution >= 0.6 is 0 Å². The van der Waals surface area contributed by atoms with Gasteiger partial charge in [-0.05, 0) is 46.3 Å². The minimum absolute atomic E-state index is 0.275. The molecule has 0 saturated carbocycles. The lowest BCUT2D eigenvalue weighted by molar-refractivity contribution is 0.411. The van der Waals surface area contributed by atoms with E-state index >= 15 is 0 Å². The molecule has 1 aromatic heterocycles. The van der Waals surface area contributed by atoms with Gasteiger partial charge in [0, 0.05) is 6.21 Å². The molecule has 0 saturated heterocycles. The molecular formula is C15H12FN5O. The quantitative estimate of drug-likeness (QED) is 0.694. The molecule has 0 N–H and O–H groups in total. The lowest BCUT2D eigenvalue weighted by Crippen LogP contribution is -1.98. The highest BCUT2D eigenvalue weighted by Crippen LogP contribution is 2.26. The molecule has 0 aliphatic carbocycles. The van der Waals surface area contributed by atoms with Crippen molar-refractivity contribution in [1.29, 1.82) is 0 Å². The van der Waals surface area contributed by atoms with Gasteiger partial charge in [-0.15, -0.1) is 5.10 Å². The third-order valence-corrected chi connectivity index (χ3v) is 2.99. The van der Waals surface area contributed by atoms with E-state index in [-0.39, 0.29) is 5.82 Å². The Hall–Kier alpha value is -3.09. The van der Waals surface area contributed by atoms with E-state index in [0.717, 1.165) is 5.56 Å². The first kappa shape index (κ1) is 13.9. The number of ether oxygens (including phenoxy) is 1. The summed E-state index contributed by atoms with van der Waals surface area (Å²) in [5, 5.41) is 11.1. The van der Waals surface area contributed by atoms with Crippen LogP contribution in [0.3, 0.4) is 0 Å². The Kier molecular flexibility index (Phi) is 3.86. The molecule has 0 unspecified atom stereocenters. The number of hydrogen-bond donors (Lipinski definition) is 0. The van der Waals surface area contributed by atoms with Gasteiger partial charge >= 0.3 is 0 Å². The van der Waals surface area contributed by atoms with Crippen molar-refractivity contribution in [2.24, 2.45) is 4.99 Å². The Balaban J connectivity index is 1.91. The van der Waals surface area contributed by atoms with E-state index in [1.54, 1.807) is 37.6 Å². The Bertz CT molecular complexity index is 784. The zero-order valence-electron chi connectivity index (χ0n) is 11.7. The zero-order valence-corrected chi connectivity index (χ0v) is 11.7. The number of tetrazole rings is 1. The molecule has 0 bridgehead atoms. The van der Waals surface area contributed by atoms with E-state index in [2.05, 4.69) is 20.5 Å². The number of benzene rings is 2. The van der Waals surface area contributed by atoms with Crippen LogP contribution in [-0.4, -0.2) is 33.5 Å². The number of nitrogens with zero attached hydrogens (tertiary/aromatic N) is 5. The second-order valence-electron chi connectivity index (χ2n) is 4.42. The Morgan fingerprint density at radius 1 is 1.18 bits per heavy atom. The van der Waals surface area contributed by atoms with Crippen molar-refractivity contribution in [3.63, 3.8) is 0 Å². The van der Waals surface area contributed by atoms with E-state index in [0.29, 0.717) is 17.1 Å². The number of rotatable bonds is 4. The van der Waals surface area contributed by atoms with Crippen molar-refractivity contribution in [1.82, 2.24) is 20.2 Å². The fourth-order valence-electron chi connectivity index (χ4n) is 1.91. The van der Waals surface area contributed by atoms with Crippen molar-refractivity contribution in [2.45, 2.75) is 0 Å². The van der Waals surface area contributed by atoms with Gasteiger partial charge in [-0.2, -0.15) is 4.68 Å². The predicted molar refractivity (Wildman–Crippen MR) is 79.4 cm³/mol. The predicted octanol–water partition coefficient (Wildman–Crippen LogP) is 2.56. The molecule has 6 nitrogen and oxygen atoms in total. The number of aliphatic imine (C=N–C) groups is 1. The lowest BCUT2D eigenvalue weighted by Gasteiger charge is -2.07. The van der Waals surface area contributed by atoms with Gasteiger partial charge in [-0.3, -0.25) is 4.99 Å². The van der Waals surface area contributed by atoms with Gasteiger partial charge in [-0.1, -0.05) is 12.1 Å². The van der Waals surface area contributed by atoms with Crippen LogP contribution in [0.25, 0.3) is 5.69 Å². The minimum atomic E-state index is -0.275. The van der Waals surface area contributed by atoms with Crippen LogP contribution in [0.1, 0.15) is 5.56 Å². The highest BCUT2D eigenvalue weighted by molar-refractivity contribution is 5.82. The Morgan fingerprint density at radius 2 is 2.00 bits per heavy atom. The van der Waals surface area contributed by atoms with Gasteiger partial charge in [0.05, 0.1) is 12.8 Å². The van der Waals surface area contributed by atoms with E-state index < -0.39 is 0 Å². The molecule has 22 heavy (non-hydrogen) atoms. The topological polar surface area (TPSA) is 65.2 Å². The van der Waals surface area contributed by atoms with E-state index in [1.165, 1.54) is 23.1 Å². The van der Waals surface area contributed by atoms with Crippen LogP contribution < -0.4 is 4.74 Å². The molecule has 0 amide bonds. The molecule has 7 heteroatoms. The molecule has 0 aliphatic rings. The molecule has 2 aromatic carbocycles. The molecule has 110 valence electrons. The monoisotopic (exact) mass is 297 g/mol. The van der Waals surface area contributed by atoms with Gasteiger partial charge in [0.1, 0.15) is 23.6 Å². The third kappa shape index (κ3) is 2.98. The summed E-state index contributed by atoms with van der Waals surface area (Å²) in [6, 6.07) is 11.5. The normalized spacial score (nSPS) is 11.0. The molecule has 0 atom stereocenters. The molecule has 3 rings (SSSR count). The Labute approximate surface area is 125 Å². The number of hydrogen-bond acceptors (Lipinski definition) is 5. The summed E-state index contributed by atoms with van der Waals surface area (Å²) in [5.74, 6) is 0.357. The first-order valence-corrected chi connectivity index (χ1v) is 6.47. The minimum Gasteiger partial charge on any atom is -0.494 e. The van der Waals surface area contributed by atoms with Gasteiger partial charge in [0.25, 0.3) is 0 Å². The maximum atomic E-state index is 12.9.